The first-order chi connectivity index (χ1) is 18.4. The summed E-state index contributed by atoms with van der Waals surface area (Å²) in [5.41, 5.74) is 4.74. The number of likely N-dealkylation sites (N-methyl/N-ethyl adjacent to an activating group) is 1. The molecule has 38 heavy (non-hydrogen) atoms. The van der Waals surface area contributed by atoms with Crippen LogP contribution in [0.1, 0.15) is 17.7 Å². The van der Waals surface area contributed by atoms with Gasteiger partial charge in [-0.25, -0.2) is 4.98 Å². The number of carbonyl (C=O) groups is 2. The van der Waals surface area contributed by atoms with Crippen LogP contribution in [0.2, 0.25) is 5.02 Å². The molecule has 0 radical (unpaired) electrons. The standard InChI is InChI=1S/C29H26ClN5O3/c1-34(2)27(37)17-19-7-13-22(14-8-19)32-26(36)16-15-25-28(20-9-11-21(30)12-10-20)33-29(38-25)35-18-31-23-5-3-4-6-24(23)35/h3-14,18H,15-17H2,1-2H3,(H,32,36). The normalized spacial score (nSPS) is 11.0. The lowest BCUT2D eigenvalue weighted by atomic mass is 10.1. The number of anilines is 1. The van der Waals surface area contributed by atoms with Crippen LogP contribution in [0.5, 0.6) is 0 Å². The fourth-order valence-electron chi connectivity index (χ4n) is 4.05. The maximum Gasteiger partial charge on any atom is 0.308 e. The molecule has 0 unspecified atom stereocenters. The summed E-state index contributed by atoms with van der Waals surface area (Å²) in [6.45, 7) is 0. The molecular weight excluding hydrogens is 502 g/mol. The lowest BCUT2D eigenvalue weighted by Gasteiger charge is -2.10. The number of benzene rings is 3. The average molecular weight is 528 g/mol. The van der Waals surface area contributed by atoms with E-state index >= 15 is 0 Å². The highest BCUT2D eigenvalue weighted by molar-refractivity contribution is 6.30. The summed E-state index contributed by atoms with van der Waals surface area (Å²) in [6, 6.07) is 22.7. The van der Waals surface area contributed by atoms with E-state index in [0.29, 0.717) is 41.0 Å². The lowest BCUT2D eigenvalue weighted by Crippen LogP contribution is -2.23. The topological polar surface area (TPSA) is 93.3 Å². The Morgan fingerprint density at radius 3 is 2.47 bits per heavy atom. The number of oxazole rings is 1. The van der Waals surface area contributed by atoms with Gasteiger partial charge in [0, 0.05) is 43.2 Å². The van der Waals surface area contributed by atoms with E-state index in [1.165, 1.54) is 0 Å². The van der Waals surface area contributed by atoms with Gasteiger partial charge < -0.3 is 14.6 Å². The summed E-state index contributed by atoms with van der Waals surface area (Å²) in [4.78, 5) is 35.4. The summed E-state index contributed by atoms with van der Waals surface area (Å²) in [6.07, 6.45) is 2.53. The van der Waals surface area contributed by atoms with Gasteiger partial charge in [-0.1, -0.05) is 48.0 Å². The molecule has 0 saturated carbocycles. The molecule has 0 saturated heterocycles. The highest BCUT2D eigenvalue weighted by Crippen LogP contribution is 2.29. The van der Waals surface area contributed by atoms with Crippen LogP contribution < -0.4 is 5.32 Å². The predicted molar refractivity (Wildman–Crippen MR) is 147 cm³/mol. The van der Waals surface area contributed by atoms with Gasteiger partial charge in [-0.15, -0.1) is 0 Å². The van der Waals surface area contributed by atoms with Crippen molar-refractivity contribution in [2.24, 2.45) is 0 Å². The Morgan fingerprint density at radius 1 is 1.00 bits per heavy atom. The molecule has 0 bridgehead atoms. The number of carbonyl (C=O) groups excluding carboxylic acids is 2. The van der Waals surface area contributed by atoms with Gasteiger partial charge in [0.05, 0.1) is 17.5 Å². The Kier molecular flexibility index (Phi) is 7.24. The van der Waals surface area contributed by atoms with E-state index in [-0.39, 0.29) is 18.2 Å². The minimum atomic E-state index is -0.157. The van der Waals surface area contributed by atoms with Crippen LogP contribution in [0.15, 0.2) is 83.5 Å². The van der Waals surface area contributed by atoms with Crippen LogP contribution in [-0.2, 0) is 22.4 Å². The summed E-state index contributed by atoms with van der Waals surface area (Å²) in [7, 11) is 3.45. The lowest BCUT2D eigenvalue weighted by molar-refractivity contribution is -0.128. The van der Waals surface area contributed by atoms with Crippen LogP contribution in [0.3, 0.4) is 0 Å². The Balaban J connectivity index is 1.33. The number of amides is 2. The first-order valence-corrected chi connectivity index (χ1v) is 12.5. The second kappa shape index (κ2) is 10.9. The third-order valence-corrected chi connectivity index (χ3v) is 6.39. The van der Waals surface area contributed by atoms with Crippen molar-refractivity contribution in [3.8, 4) is 17.3 Å². The molecule has 0 atom stereocenters. The highest BCUT2D eigenvalue weighted by atomic mass is 35.5. The van der Waals surface area contributed by atoms with Crippen molar-refractivity contribution in [3.05, 3.63) is 95.5 Å². The number of aromatic nitrogens is 3. The average Bonchev–Trinajstić information content (AvgIpc) is 3.53. The number of hydrogen-bond acceptors (Lipinski definition) is 5. The Labute approximate surface area is 224 Å². The Bertz CT molecular complexity index is 1590. The molecule has 0 aliphatic heterocycles. The minimum absolute atomic E-state index is 0.0217. The van der Waals surface area contributed by atoms with Crippen LogP contribution >= 0.6 is 11.6 Å². The number of para-hydroxylation sites is 2. The molecular formula is C29H26ClN5O3. The maximum absolute atomic E-state index is 12.8. The number of hydrogen-bond donors (Lipinski definition) is 1. The molecule has 2 heterocycles. The quantitative estimate of drug-likeness (QED) is 0.286. The number of imidazole rings is 1. The van der Waals surface area contributed by atoms with E-state index in [0.717, 1.165) is 22.2 Å². The van der Waals surface area contributed by atoms with Crippen molar-refractivity contribution < 1.29 is 14.0 Å². The Morgan fingerprint density at radius 2 is 1.74 bits per heavy atom. The van der Waals surface area contributed by atoms with E-state index in [4.69, 9.17) is 21.0 Å². The summed E-state index contributed by atoms with van der Waals surface area (Å²) in [5.74, 6) is 0.455. The van der Waals surface area contributed by atoms with E-state index in [1.54, 1.807) is 54.2 Å². The molecule has 0 aliphatic carbocycles. The van der Waals surface area contributed by atoms with Crippen LogP contribution in [0.25, 0.3) is 28.3 Å². The largest absolute Gasteiger partial charge is 0.427 e. The maximum atomic E-state index is 12.8. The van der Waals surface area contributed by atoms with E-state index in [1.807, 2.05) is 48.5 Å². The van der Waals surface area contributed by atoms with Gasteiger partial charge >= 0.3 is 6.01 Å². The zero-order valence-corrected chi connectivity index (χ0v) is 21.8. The molecule has 0 spiro atoms. The highest BCUT2D eigenvalue weighted by Gasteiger charge is 2.19. The number of nitrogens with zero attached hydrogens (tertiary/aromatic N) is 4. The van der Waals surface area contributed by atoms with E-state index in [2.05, 4.69) is 10.3 Å². The molecule has 8 nitrogen and oxygen atoms in total. The van der Waals surface area contributed by atoms with Crippen LogP contribution in [-0.4, -0.2) is 45.3 Å². The predicted octanol–water partition coefficient (Wildman–Crippen LogP) is 5.54. The van der Waals surface area contributed by atoms with Crippen molar-refractivity contribution in [1.82, 2.24) is 19.4 Å². The number of halogens is 1. The van der Waals surface area contributed by atoms with Gasteiger partial charge in [-0.2, -0.15) is 4.98 Å². The van der Waals surface area contributed by atoms with Crippen molar-refractivity contribution in [2.75, 3.05) is 19.4 Å². The zero-order chi connectivity index (χ0) is 26.6. The summed E-state index contributed by atoms with van der Waals surface area (Å²) in [5, 5.41) is 3.53. The molecule has 3 aromatic carbocycles. The van der Waals surface area contributed by atoms with Gasteiger partial charge in [0.1, 0.15) is 17.8 Å². The minimum Gasteiger partial charge on any atom is -0.427 e. The van der Waals surface area contributed by atoms with Crippen LogP contribution in [0, 0.1) is 0 Å². The Hall–Kier alpha value is -4.43. The van der Waals surface area contributed by atoms with Gasteiger partial charge in [-0.3, -0.25) is 14.2 Å². The fraction of sp³-hybridized carbons (Fsp3) is 0.172. The summed E-state index contributed by atoms with van der Waals surface area (Å²) < 4.78 is 7.98. The number of fused-ring (bicyclic) bond motifs is 1. The summed E-state index contributed by atoms with van der Waals surface area (Å²) >= 11 is 6.09. The molecule has 5 aromatic rings. The van der Waals surface area contributed by atoms with Crippen molar-refractivity contribution in [2.45, 2.75) is 19.3 Å². The molecule has 5 rings (SSSR count). The van der Waals surface area contributed by atoms with Crippen LogP contribution in [0.4, 0.5) is 5.69 Å². The van der Waals surface area contributed by atoms with Gasteiger partial charge in [0.15, 0.2) is 0 Å². The first kappa shape index (κ1) is 25.2. The number of nitrogens with one attached hydrogen (secondary N) is 1. The first-order valence-electron chi connectivity index (χ1n) is 12.1. The third kappa shape index (κ3) is 5.60. The molecule has 2 amide bonds. The van der Waals surface area contributed by atoms with Gasteiger partial charge in [-0.05, 0) is 42.0 Å². The molecule has 0 fully saturated rings. The molecule has 9 heteroatoms. The third-order valence-electron chi connectivity index (χ3n) is 6.13. The number of rotatable bonds is 8. The monoisotopic (exact) mass is 527 g/mol. The van der Waals surface area contributed by atoms with Crippen molar-refractivity contribution >= 4 is 40.1 Å². The van der Waals surface area contributed by atoms with Crippen molar-refractivity contribution in [3.63, 3.8) is 0 Å². The molecule has 0 aliphatic rings. The van der Waals surface area contributed by atoms with E-state index < -0.39 is 0 Å². The molecule has 1 N–H and O–H groups in total. The van der Waals surface area contributed by atoms with Gasteiger partial charge in [0.2, 0.25) is 11.8 Å². The van der Waals surface area contributed by atoms with Crippen molar-refractivity contribution in [1.29, 1.82) is 0 Å². The zero-order valence-electron chi connectivity index (χ0n) is 21.0. The molecule has 192 valence electrons. The van der Waals surface area contributed by atoms with E-state index in [9.17, 15) is 9.59 Å². The fourth-order valence-corrected chi connectivity index (χ4v) is 4.17. The second-order valence-electron chi connectivity index (χ2n) is 9.09. The van der Waals surface area contributed by atoms with Gasteiger partial charge in [0.25, 0.3) is 0 Å². The molecule has 2 aromatic heterocycles. The smallest absolute Gasteiger partial charge is 0.308 e. The number of aryl methyl sites for hydroxylation is 1. The second-order valence-corrected chi connectivity index (χ2v) is 9.52. The SMILES string of the molecule is CN(C)C(=O)Cc1ccc(NC(=O)CCc2oc(-n3cnc4ccccc43)nc2-c2ccc(Cl)cc2)cc1.